The molecule has 0 bridgehead atoms. The third-order valence-electron chi connectivity index (χ3n) is 2.13. The molecule has 2 aromatic heterocycles. The van der Waals surface area contributed by atoms with Crippen molar-refractivity contribution in [2.24, 2.45) is 0 Å². The van der Waals surface area contributed by atoms with Gasteiger partial charge in [-0.3, -0.25) is 14.8 Å². The van der Waals surface area contributed by atoms with Gasteiger partial charge in [-0.15, -0.1) is 11.3 Å². The van der Waals surface area contributed by atoms with E-state index in [0.717, 1.165) is 11.2 Å². The van der Waals surface area contributed by atoms with Crippen molar-refractivity contribution in [2.75, 3.05) is 0 Å². The number of nitrogens with zero attached hydrogens (tertiary/aromatic N) is 4. The number of thiazole rings is 1. The van der Waals surface area contributed by atoms with Crippen LogP contribution >= 0.6 is 11.3 Å². The summed E-state index contributed by atoms with van der Waals surface area (Å²) in [5.41, 5.74) is -0.395. The maximum Gasteiger partial charge on any atom is 0.363 e. The van der Waals surface area contributed by atoms with Gasteiger partial charge in [0, 0.05) is 5.38 Å². The van der Waals surface area contributed by atoms with Gasteiger partial charge in [-0.25, -0.2) is 9.78 Å². The van der Waals surface area contributed by atoms with E-state index in [-0.39, 0.29) is 6.54 Å². The average molecular weight is 268 g/mol. The molecular weight excluding hydrogens is 260 g/mol. The minimum Gasteiger partial charge on any atom is -0.476 e. The molecule has 2 aromatic rings. The highest BCUT2D eigenvalue weighted by Gasteiger charge is 2.25. The molecule has 0 spiro atoms. The summed E-state index contributed by atoms with van der Waals surface area (Å²) >= 11 is 1.44. The Morgan fingerprint density at radius 3 is 2.83 bits per heavy atom. The molecule has 0 aromatic carbocycles. The van der Waals surface area contributed by atoms with E-state index in [0.29, 0.717) is 5.69 Å². The topological polar surface area (TPSA) is 111 Å². The highest BCUT2D eigenvalue weighted by atomic mass is 32.1. The summed E-state index contributed by atoms with van der Waals surface area (Å²) < 4.78 is 1.20. The number of carboxylic acid groups (broad SMARTS) is 1. The van der Waals surface area contributed by atoms with Gasteiger partial charge < -0.3 is 5.11 Å². The Kier molecular flexibility index (Phi) is 3.06. The van der Waals surface area contributed by atoms with Crippen LogP contribution in [0, 0.1) is 17.0 Å². The molecule has 0 aliphatic heterocycles. The molecule has 0 fully saturated rings. The highest BCUT2D eigenvalue weighted by Crippen LogP contribution is 2.18. The highest BCUT2D eigenvalue weighted by molar-refractivity contribution is 7.09. The van der Waals surface area contributed by atoms with Crippen LogP contribution in [0.2, 0.25) is 0 Å². The number of aryl methyl sites for hydroxylation is 1. The number of hydrogen-bond acceptors (Lipinski definition) is 6. The maximum atomic E-state index is 10.8. The van der Waals surface area contributed by atoms with Crippen LogP contribution in [0.5, 0.6) is 0 Å². The maximum absolute atomic E-state index is 10.8. The average Bonchev–Trinajstić information content (AvgIpc) is 2.85. The normalized spacial score (nSPS) is 10.5. The second-order valence-corrected chi connectivity index (χ2v) is 4.54. The first kappa shape index (κ1) is 12.2. The van der Waals surface area contributed by atoms with Gasteiger partial charge in [-0.1, -0.05) is 0 Å². The SMILES string of the molecule is Cc1nc(Cn2cc([N+](=O)[O-])c(C(=O)O)n2)cs1. The summed E-state index contributed by atoms with van der Waals surface area (Å²) in [6, 6.07) is 0. The van der Waals surface area contributed by atoms with Crippen LogP contribution in [0.25, 0.3) is 0 Å². The van der Waals surface area contributed by atoms with E-state index in [1.165, 1.54) is 16.0 Å². The molecule has 0 amide bonds. The van der Waals surface area contributed by atoms with Gasteiger partial charge in [-0.05, 0) is 6.92 Å². The van der Waals surface area contributed by atoms with Crippen LogP contribution in [0.15, 0.2) is 11.6 Å². The molecule has 18 heavy (non-hydrogen) atoms. The van der Waals surface area contributed by atoms with Gasteiger partial charge >= 0.3 is 11.7 Å². The lowest BCUT2D eigenvalue weighted by molar-refractivity contribution is -0.385. The third kappa shape index (κ3) is 2.35. The number of aromatic carboxylic acids is 1. The van der Waals surface area contributed by atoms with E-state index in [4.69, 9.17) is 5.11 Å². The predicted octanol–water partition coefficient (Wildman–Crippen LogP) is 1.30. The fourth-order valence-electron chi connectivity index (χ4n) is 1.42. The minimum absolute atomic E-state index is 0.207. The Bertz CT molecular complexity index is 586. The number of carbonyl (C=O) groups is 1. The van der Waals surface area contributed by atoms with E-state index in [1.807, 2.05) is 6.92 Å². The van der Waals surface area contributed by atoms with Crippen molar-refractivity contribution in [2.45, 2.75) is 13.5 Å². The zero-order valence-electron chi connectivity index (χ0n) is 9.23. The van der Waals surface area contributed by atoms with Crippen molar-refractivity contribution in [3.05, 3.63) is 38.1 Å². The number of aromatic nitrogens is 3. The summed E-state index contributed by atoms with van der Waals surface area (Å²) in [6.07, 6.45) is 1.10. The van der Waals surface area contributed by atoms with Crippen molar-refractivity contribution in [3.63, 3.8) is 0 Å². The number of nitro groups is 1. The molecule has 0 aliphatic carbocycles. The first-order valence-electron chi connectivity index (χ1n) is 4.83. The molecule has 1 N–H and O–H groups in total. The van der Waals surface area contributed by atoms with E-state index < -0.39 is 22.3 Å². The molecule has 8 nitrogen and oxygen atoms in total. The van der Waals surface area contributed by atoms with Gasteiger partial charge in [0.05, 0.1) is 22.2 Å². The van der Waals surface area contributed by atoms with Crippen molar-refractivity contribution in [3.8, 4) is 0 Å². The summed E-state index contributed by atoms with van der Waals surface area (Å²) in [7, 11) is 0. The van der Waals surface area contributed by atoms with E-state index in [9.17, 15) is 14.9 Å². The van der Waals surface area contributed by atoms with Gasteiger partial charge in [0.25, 0.3) is 0 Å². The molecule has 0 saturated heterocycles. The second-order valence-electron chi connectivity index (χ2n) is 3.48. The third-order valence-corrected chi connectivity index (χ3v) is 2.95. The van der Waals surface area contributed by atoms with Crippen LogP contribution in [0.4, 0.5) is 5.69 Å². The largest absolute Gasteiger partial charge is 0.476 e. The quantitative estimate of drug-likeness (QED) is 0.660. The van der Waals surface area contributed by atoms with Crippen LogP contribution in [0.1, 0.15) is 21.2 Å². The Morgan fingerprint density at radius 2 is 2.39 bits per heavy atom. The smallest absolute Gasteiger partial charge is 0.363 e. The van der Waals surface area contributed by atoms with Gasteiger partial charge in [-0.2, -0.15) is 5.10 Å². The van der Waals surface area contributed by atoms with Crippen molar-refractivity contribution in [1.29, 1.82) is 0 Å². The Balaban J connectivity index is 2.32. The Morgan fingerprint density at radius 1 is 1.67 bits per heavy atom. The van der Waals surface area contributed by atoms with E-state index in [2.05, 4.69) is 10.1 Å². The van der Waals surface area contributed by atoms with Crippen molar-refractivity contribution >= 4 is 23.0 Å². The Hall–Kier alpha value is -2.29. The van der Waals surface area contributed by atoms with Crippen LogP contribution in [0.3, 0.4) is 0 Å². The molecule has 0 saturated carbocycles. The lowest BCUT2D eigenvalue weighted by atomic mass is 10.4. The van der Waals surface area contributed by atoms with Crippen molar-refractivity contribution in [1.82, 2.24) is 14.8 Å². The number of rotatable bonds is 4. The van der Waals surface area contributed by atoms with Crippen LogP contribution < -0.4 is 0 Å². The molecule has 0 aliphatic rings. The minimum atomic E-state index is -1.42. The first-order valence-corrected chi connectivity index (χ1v) is 5.71. The molecule has 0 atom stereocenters. The van der Waals surface area contributed by atoms with Crippen molar-refractivity contribution < 1.29 is 14.8 Å². The van der Waals surface area contributed by atoms with Gasteiger partial charge in [0.1, 0.15) is 6.20 Å². The summed E-state index contributed by atoms with van der Waals surface area (Å²) in [5.74, 6) is -1.42. The molecular formula is C9H8N4O4S. The zero-order chi connectivity index (χ0) is 13.3. The van der Waals surface area contributed by atoms with Crippen LogP contribution in [-0.4, -0.2) is 30.8 Å². The summed E-state index contributed by atoms with van der Waals surface area (Å²) in [4.78, 5) is 24.9. The molecule has 0 radical (unpaired) electrons. The molecule has 9 heteroatoms. The van der Waals surface area contributed by atoms with Crippen LogP contribution in [-0.2, 0) is 6.54 Å². The lowest BCUT2D eigenvalue weighted by Gasteiger charge is -1.95. The van der Waals surface area contributed by atoms with Gasteiger partial charge in [0.2, 0.25) is 5.69 Å². The Labute approximate surface area is 105 Å². The molecule has 2 rings (SSSR count). The molecule has 0 unspecified atom stereocenters. The fraction of sp³-hybridized carbons (Fsp3) is 0.222. The lowest BCUT2D eigenvalue weighted by Crippen LogP contribution is -2.04. The van der Waals surface area contributed by atoms with E-state index in [1.54, 1.807) is 5.38 Å². The summed E-state index contributed by atoms with van der Waals surface area (Å²) in [5, 5.41) is 25.8. The predicted molar refractivity (Wildman–Crippen MR) is 61.8 cm³/mol. The number of carboxylic acids is 1. The molecule has 2 heterocycles. The first-order chi connectivity index (χ1) is 8.47. The summed E-state index contributed by atoms with van der Waals surface area (Å²) in [6.45, 7) is 2.04. The fourth-order valence-corrected chi connectivity index (χ4v) is 2.03. The monoisotopic (exact) mass is 268 g/mol. The standard InChI is InChI=1S/C9H8N4O4S/c1-5-10-6(4-18-5)2-12-3-7(13(16)17)8(11-12)9(14)15/h3-4H,2H2,1H3,(H,14,15). The zero-order valence-corrected chi connectivity index (χ0v) is 10.0. The van der Waals surface area contributed by atoms with E-state index >= 15 is 0 Å². The van der Waals surface area contributed by atoms with Gasteiger partial charge in [0.15, 0.2) is 0 Å². The molecule has 94 valence electrons. The second kappa shape index (κ2) is 4.53. The number of hydrogen-bond donors (Lipinski definition) is 1.